The molecule has 5 rings (SSSR count). The Labute approximate surface area is 212 Å². The van der Waals surface area contributed by atoms with Crippen LogP contribution < -0.4 is 0 Å². The van der Waals surface area contributed by atoms with Crippen molar-refractivity contribution in [2.24, 2.45) is 5.92 Å². The SMILES string of the molecule is O=C(O)C(F)(F)F.O=C(O)C(F)(F)F.O=C1c2cccn2C2CN(Cc3ccncc3)CC2N1CC1CC1. The monoisotopic (exact) mass is 550 g/mol. The third kappa shape index (κ3) is 7.46. The smallest absolute Gasteiger partial charge is 0.475 e. The highest BCUT2D eigenvalue weighted by atomic mass is 19.4. The van der Waals surface area contributed by atoms with E-state index < -0.39 is 24.3 Å². The maximum Gasteiger partial charge on any atom is 0.490 e. The molecule has 0 bridgehead atoms. The third-order valence-electron chi connectivity index (χ3n) is 6.14. The van der Waals surface area contributed by atoms with Crippen LogP contribution in [0.15, 0.2) is 42.9 Å². The molecule has 9 nitrogen and oxygen atoms in total. The van der Waals surface area contributed by atoms with E-state index in [-0.39, 0.29) is 5.91 Å². The molecular formula is C23H24F6N4O5. The van der Waals surface area contributed by atoms with Gasteiger partial charge in [-0.05, 0) is 48.6 Å². The average molecular weight is 550 g/mol. The summed E-state index contributed by atoms with van der Waals surface area (Å²) in [6.45, 7) is 3.83. The van der Waals surface area contributed by atoms with Crippen LogP contribution in [0.1, 0.15) is 34.9 Å². The van der Waals surface area contributed by atoms with E-state index in [4.69, 9.17) is 19.8 Å². The number of fused-ring (bicyclic) bond motifs is 3. The lowest BCUT2D eigenvalue weighted by molar-refractivity contribution is -0.193. The first-order chi connectivity index (χ1) is 17.7. The molecule has 38 heavy (non-hydrogen) atoms. The van der Waals surface area contributed by atoms with E-state index in [0.717, 1.165) is 37.8 Å². The average Bonchev–Trinajstić information content (AvgIpc) is 3.33. The lowest BCUT2D eigenvalue weighted by atomic mass is 10.1. The summed E-state index contributed by atoms with van der Waals surface area (Å²) in [6, 6.07) is 8.83. The van der Waals surface area contributed by atoms with E-state index in [1.165, 1.54) is 18.4 Å². The molecular weight excluding hydrogens is 526 g/mol. The highest BCUT2D eigenvalue weighted by Gasteiger charge is 2.46. The van der Waals surface area contributed by atoms with Gasteiger partial charge in [-0.15, -0.1) is 0 Å². The van der Waals surface area contributed by atoms with Gasteiger partial charge in [0.25, 0.3) is 5.91 Å². The molecule has 2 N–H and O–H groups in total. The van der Waals surface area contributed by atoms with Gasteiger partial charge in [-0.25, -0.2) is 9.59 Å². The number of hydrogen-bond donors (Lipinski definition) is 2. The summed E-state index contributed by atoms with van der Waals surface area (Å²) in [6.07, 6.45) is -1.82. The van der Waals surface area contributed by atoms with Crippen LogP contribution in [0.25, 0.3) is 0 Å². The highest BCUT2D eigenvalue weighted by molar-refractivity contribution is 5.94. The number of halogens is 6. The van der Waals surface area contributed by atoms with E-state index in [9.17, 15) is 31.1 Å². The molecule has 4 heterocycles. The summed E-state index contributed by atoms with van der Waals surface area (Å²) in [4.78, 5) is 39.5. The van der Waals surface area contributed by atoms with Gasteiger partial charge in [0.1, 0.15) is 5.69 Å². The Morgan fingerprint density at radius 3 is 1.95 bits per heavy atom. The topological polar surface area (TPSA) is 116 Å². The second kappa shape index (κ2) is 11.4. The number of nitrogens with zero attached hydrogens (tertiary/aromatic N) is 4. The first-order valence-corrected chi connectivity index (χ1v) is 11.4. The number of carboxylic acids is 2. The van der Waals surface area contributed by atoms with Crippen LogP contribution in [-0.2, 0) is 16.1 Å². The molecule has 2 fully saturated rings. The number of hydrogen-bond acceptors (Lipinski definition) is 5. The maximum atomic E-state index is 12.9. The summed E-state index contributed by atoms with van der Waals surface area (Å²) in [5, 5.41) is 14.2. The summed E-state index contributed by atoms with van der Waals surface area (Å²) in [5.74, 6) is -4.57. The Kier molecular flexibility index (Phi) is 8.69. The van der Waals surface area contributed by atoms with Crippen LogP contribution in [0.5, 0.6) is 0 Å². The minimum absolute atomic E-state index is 0.221. The molecule has 1 saturated carbocycles. The predicted octanol–water partition coefficient (Wildman–Crippen LogP) is 3.44. The number of aromatic nitrogens is 2. The molecule has 3 aliphatic rings. The molecule has 2 aromatic heterocycles. The zero-order valence-electron chi connectivity index (χ0n) is 19.7. The van der Waals surface area contributed by atoms with Crippen molar-refractivity contribution in [1.82, 2.24) is 19.4 Å². The quantitative estimate of drug-likeness (QED) is 0.561. The Morgan fingerprint density at radius 2 is 1.45 bits per heavy atom. The normalized spacial score (nSPS) is 20.9. The second-order valence-electron chi connectivity index (χ2n) is 8.99. The van der Waals surface area contributed by atoms with Gasteiger partial charge in [0, 0.05) is 44.8 Å². The molecule has 208 valence electrons. The van der Waals surface area contributed by atoms with Gasteiger partial charge in [-0.3, -0.25) is 14.7 Å². The van der Waals surface area contributed by atoms with E-state index >= 15 is 0 Å². The summed E-state index contributed by atoms with van der Waals surface area (Å²) in [7, 11) is 0. The molecule has 0 radical (unpaired) electrons. The van der Waals surface area contributed by atoms with Crippen LogP contribution in [0.3, 0.4) is 0 Å². The Hall–Kier alpha value is -3.62. The van der Waals surface area contributed by atoms with E-state index in [2.05, 4.69) is 37.7 Å². The second-order valence-corrected chi connectivity index (χ2v) is 8.99. The minimum Gasteiger partial charge on any atom is -0.475 e. The minimum atomic E-state index is -5.08. The number of carbonyl (C=O) groups is 3. The van der Waals surface area contributed by atoms with Crippen molar-refractivity contribution in [2.75, 3.05) is 19.6 Å². The number of pyridine rings is 1. The fraction of sp³-hybridized carbons (Fsp3) is 0.478. The molecule has 0 aromatic carbocycles. The molecule has 1 amide bonds. The standard InChI is InChI=1S/C19H22N4O.2C2HF3O2/c24-19-16-2-1-9-22(16)17-12-21(10-15-5-7-20-8-6-15)13-18(17)23(19)11-14-3-4-14;2*3-2(4,5)1(6)7/h1-2,5-9,14,17-18H,3-4,10-13H2;2*(H,6,7). The number of amides is 1. The van der Waals surface area contributed by atoms with Crippen LogP contribution >= 0.6 is 0 Å². The lowest BCUT2D eigenvalue weighted by Crippen LogP contribution is -2.51. The van der Waals surface area contributed by atoms with Gasteiger partial charge in [-0.2, -0.15) is 26.3 Å². The molecule has 2 aliphatic heterocycles. The van der Waals surface area contributed by atoms with Crippen molar-refractivity contribution in [3.8, 4) is 0 Å². The van der Waals surface area contributed by atoms with Crippen molar-refractivity contribution < 1.29 is 50.9 Å². The van der Waals surface area contributed by atoms with Gasteiger partial charge in [0.05, 0.1) is 12.1 Å². The molecule has 2 unspecified atom stereocenters. The van der Waals surface area contributed by atoms with Gasteiger partial charge < -0.3 is 19.7 Å². The van der Waals surface area contributed by atoms with Crippen LogP contribution in [-0.4, -0.2) is 85.4 Å². The summed E-state index contributed by atoms with van der Waals surface area (Å²) in [5.41, 5.74) is 2.15. The van der Waals surface area contributed by atoms with Crippen molar-refractivity contribution in [3.63, 3.8) is 0 Å². The molecule has 2 atom stereocenters. The molecule has 2 aromatic rings. The summed E-state index contributed by atoms with van der Waals surface area (Å²) >= 11 is 0. The number of carboxylic acid groups (broad SMARTS) is 2. The number of aliphatic carboxylic acids is 2. The Bertz CT molecular complexity index is 1110. The highest BCUT2D eigenvalue weighted by Crippen LogP contribution is 2.38. The van der Waals surface area contributed by atoms with E-state index in [0.29, 0.717) is 12.1 Å². The first-order valence-electron chi connectivity index (χ1n) is 11.4. The largest absolute Gasteiger partial charge is 0.490 e. The molecule has 0 spiro atoms. The van der Waals surface area contributed by atoms with Crippen molar-refractivity contribution in [1.29, 1.82) is 0 Å². The molecule has 15 heteroatoms. The van der Waals surface area contributed by atoms with E-state index in [1.54, 1.807) is 0 Å². The van der Waals surface area contributed by atoms with Crippen molar-refractivity contribution in [3.05, 3.63) is 54.1 Å². The summed E-state index contributed by atoms with van der Waals surface area (Å²) < 4.78 is 65.7. The predicted molar refractivity (Wildman–Crippen MR) is 118 cm³/mol. The Morgan fingerprint density at radius 1 is 0.921 bits per heavy atom. The molecule has 1 saturated heterocycles. The third-order valence-corrected chi connectivity index (χ3v) is 6.14. The number of rotatable bonds is 4. The van der Waals surface area contributed by atoms with Crippen molar-refractivity contribution >= 4 is 17.8 Å². The van der Waals surface area contributed by atoms with E-state index in [1.807, 2.05) is 24.5 Å². The lowest BCUT2D eigenvalue weighted by Gasteiger charge is -2.38. The van der Waals surface area contributed by atoms with Gasteiger partial charge in [-0.1, -0.05) is 0 Å². The van der Waals surface area contributed by atoms with Crippen LogP contribution in [0, 0.1) is 5.92 Å². The first kappa shape index (κ1) is 28.9. The number of carbonyl (C=O) groups excluding carboxylic acids is 1. The maximum absolute atomic E-state index is 12.9. The van der Waals surface area contributed by atoms with Crippen molar-refractivity contribution in [2.45, 2.75) is 43.8 Å². The van der Waals surface area contributed by atoms with Crippen LogP contribution in [0.2, 0.25) is 0 Å². The zero-order chi connectivity index (χ0) is 28.3. The van der Waals surface area contributed by atoms with Gasteiger partial charge >= 0.3 is 24.3 Å². The fourth-order valence-electron chi connectivity index (χ4n) is 4.26. The molecule has 1 aliphatic carbocycles. The number of alkyl halides is 6. The van der Waals surface area contributed by atoms with Gasteiger partial charge in [0.2, 0.25) is 0 Å². The number of likely N-dealkylation sites (tertiary alicyclic amines) is 1. The van der Waals surface area contributed by atoms with Gasteiger partial charge in [0.15, 0.2) is 0 Å². The Balaban J connectivity index is 0.000000239. The fourth-order valence-corrected chi connectivity index (χ4v) is 4.26. The van der Waals surface area contributed by atoms with Crippen LogP contribution in [0.4, 0.5) is 26.3 Å². The zero-order valence-corrected chi connectivity index (χ0v) is 19.7.